The van der Waals surface area contributed by atoms with Crippen LogP contribution in [0.5, 0.6) is 0 Å². The number of carbonyl (C=O) groups excluding carboxylic acids is 1. The standard InChI is InChI=1S/C8H7N3O/c1-6(12)11-8-5-3-2-4-7(8)9-10-11/h2-5H,1H3. The lowest BCUT2D eigenvalue weighted by Gasteiger charge is -1.92. The monoisotopic (exact) mass is 161 g/mol. The summed E-state index contributed by atoms with van der Waals surface area (Å²) < 4.78 is 1.29. The number of carbonyl (C=O) groups is 1. The normalized spacial score (nSPS) is 10.4. The first-order valence-electron chi connectivity index (χ1n) is 3.60. The second-order valence-corrected chi connectivity index (χ2v) is 2.51. The van der Waals surface area contributed by atoms with Crippen LogP contribution >= 0.6 is 0 Å². The van der Waals surface area contributed by atoms with E-state index in [2.05, 4.69) is 10.3 Å². The molecule has 4 nitrogen and oxygen atoms in total. The minimum Gasteiger partial charge on any atom is -0.273 e. The molecule has 12 heavy (non-hydrogen) atoms. The Hall–Kier alpha value is -1.71. The van der Waals surface area contributed by atoms with Gasteiger partial charge >= 0.3 is 0 Å². The Morgan fingerprint density at radius 1 is 1.42 bits per heavy atom. The fraction of sp³-hybridized carbons (Fsp3) is 0.125. The molecule has 2 rings (SSSR count). The van der Waals surface area contributed by atoms with Crippen molar-refractivity contribution < 1.29 is 4.79 Å². The number of fused-ring (bicyclic) bond motifs is 1. The van der Waals surface area contributed by atoms with Gasteiger partial charge in [0, 0.05) is 6.92 Å². The molecule has 0 amide bonds. The van der Waals surface area contributed by atoms with E-state index < -0.39 is 0 Å². The van der Waals surface area contributed by atoms with E-state index in [1.54, 1.807) is 0 Å². The second kappa shape index (κ2) is 2.41. The minimum absolute atomic E-state index is 0.122. The molecular weight excluding hydrogens is 154 g/mol. The zero-order valence-electron chi connectivity index (χ0n) is 6.56. The van der Waals surface area contributed by atoms with Crippen LogP contribution in [0.25, 0.3) is 11.0 Å². The molecule has 2 aromatic rings. The number of para-hydroxylation sites is 1. The molecule has 0 saturated heterocycles. The summed E-state index contributed by atoms with van der Waals surface area (Å²) in [5.74, 6) is -0.122. The predicted molar refractivity (Wildman–Crippen MR) is 43.8 cm³/mol. The van der Waals surface area contributed by atoms with Gasteiger partial charge in [-0.25, -0.2) is 0 Å². The molecule has 0 spiro atoms. The van der Waals surface area contributed by atoms with E-state index >= 15 is 0 Å². The molecule has 0 radical (unpaired) electrons. The van der Waals surface area contributed by atoms with Crippen LogP contribution in [0.4, 0.5) is 0 Å². The van der Waals surface area contributed by atoms with Crippen molar-refractivity contribution in [2.45, 2.75) is 6.92 Å². The van der Waals surface area contributed by atoms with Crippen LogP contribution in [-0.2, 0) is 0 Å². The lowest BCUT2D eigenvalue weighted by Crippen LogP contribution is -2.06. The Morgan fingerprint density at radius 3 is 2.92 bits per heavy atom. The molecule has 0 aliphatic carbocycles. The van der Waals surface area contributed by atoms with Gasteiger partial charge < -0.3 is 0 Å². The molecule has 0 saturated carbocycles. The second-order valence-electron chi connectivity index (χ2n) is 2.51. The molecule has 0 fully saturated rings. The SMILES string of the molecule is CC(=O)n1nnc2ccccc21. The van der Waals surface area contributed by atoms with Gasteiger partial charge in [0.1, 0.15) is 5.52 Å². The van der Waals surface area contributed by atoms with Gasteiger partial charge in [-0.3, -0.25) is 4.79 Å². The first-order chi connectivity index (χ1) is 5.79. The quantitative estimate of drug-likeness (QED) is 0.581. The summed E-state index contributed by atoms with van der Waals surface area (Å²) in [4.78, 5) is 11.0. The summed E-state index contributed by atoms with van der Waals surface area (Å²) in [6.45, 7) is 1.46. The lowest BCUT2D eigenvalue weighted by molar-refractivity contribution is 0.0924. The molecule has 0 atom stereocenters. The highest BCUT2D eigenvalue weighted by molar-refractivity contribution is 5.87. The van der Waals surface area contributed by atoms with Gasteiger partial charge in [0.25, 0.3) is 0 Å². The maximum Gasteiger partial charge on any atom is 0.245 e. The van der Waals surface area contributed by atoms with Crippen LogP contribution in [0.2, 0.25) is 0 Å². The third-order valence-electron chi connectivity index (χ3n) is 1.65. The van der Waals surface area contributed by atoms with E-state index in [9.17, 15) is 4.79 Å². The van der Waals surface area contributed by atoms with Crippen molar-refractivity contribution in [2.75, 3.05) is 0 Å². The van der Waals surface area contributed by atoms with Crippen molar-refractivity contribution in [2.24, 2.45) is 0 Å². The summed E-state index contributed by atoms with van der Waals surface area (Å²) in [5.41, 5.74) is 1.50. The van der Waals surface area contributed by atoms with E-state index in [0.717, 1.165) is 11.0 Å². The molecule has 0 aliphatic heterocycles. The number of rotatable bonds is 0. The van der Waals surface area contributed by atoms with Crippen LogP contribution < -0.4 is 0 Å². The summed E-state index contributed by atoms with van der Waals surface area (Å²) >= 11 is 0. The van der Waals surface area contributed by atoms with E-state index in [1.165, 1.54) is 11.6 Å². The smallest absolute Gasteiger partial charge is 0.245 e. The summed E-state index contributed by atoms with van der Waals surface area (Å²) in [6, 6.07) is 7.35. The summed E-state index contributed by atoms with van der Waals surface area (Å²) in [6.07, 6.45) is 0. The Bertz CT molecular complexity index is 433. The minimum atomic E-state index is -0.122. The highest BCUT2D eigenvalue weighted by Crippen LogP contribution is 2.08. The molecule has 1 heterocycles. The van der Waals surface area contributed by atoms with Crippen LogP contribution in [0.3, 0.4) is 0 Å². The zero-order valence-corrected chi connectivity index (χ0v) is 6.56. The van der Waals surface area contributed by atoms with Crippen molar-refractivity contribution in [1.82, 2.24) is 15.0 Å². The Labute approximate surface area is 68.8 Å². The lowest BCUT2D eigenvalue weighted by atomic mass is 10.3. The van der Waals surface area contributed by atoms with Crippen LogP contribution in [0.15, 0.2) is 24.3 Å². The van der Waals surface area contributed by atoms with Gasteiger partial charge in [-0.05, 0) is 12.1 Å². The number of nitrogens with zero attached hydrogens (tertiary/aromatic N) is 3. The van der Waals surface area contributed by atoms with Crippen LogP contribution in [0.1, 0.15) is 11.7 Å². The summed E-state index contributed by atoms with van der Waals surface area (Å²) in [5, 5.41) is 7.54. The Kier molecular flexibility index (Phi) is 1.40. The fourth-order valence-corrected chi connectivity index (χ4v) is 1.10. The molecule has 0 unspecified atom stereocenters. The number of hydrogen-bond donors (Lipinski definition) is 0. The predicted octanol–water partition coefficient (Wildman–Crippen LogP) is 1.09. The van der Waals surface area contributed by atoms with Gasteiger partial charge in [0.05, 0.1) is 5.52 Å². The first-order valence-corrected chi connectivity index (χ1v) is 3.60. The van der Waals surface area contributed by atoms with Gasteiger partial charge in [-0.2, -0.15) is 4.68 Å². The molecular formula is C8H7N3O. The third kappa shape index (κ3) is 0.887. The molecule has 0 bridgehead atoms. The molecule has 1 aromatic heterocycles. The van der Waals surface area contributed by atoms with Gasteiger partial charge in [-0.15, -0.1) is 5.10 Å². The average molecular weight is 161 g/mol. The Morgan fingerprint density at radius 2 is 2.17 bits per heavy atom. The summed E-state index contributed by atoms with van der Waals surface area (Å²) in [7, 11) is 0. The van der Waals surface area contributed by atoms with E-state index in [4.69, 9.17) is 0 Å². The van der Waals surface area contributed by atoms with Crippen molar-refractivity contribution >= 4 is 16.9 Å². The fourth-order valence-electron chi connectivity index (χ4n) is 1.10. The zero-order chi connectivity index (χ0) is 8.55. The maximum atomic E-state index is 11.0. The molecule has 0 N–H and O–H groups in total. The maximum absolute atomic E-state index is 11.0. The van der Waals surface area contributed by atoms with Crippen molar-refractivity contribution in [3.05, 3.63) is 24.3 Å². The van der Waals surface area contributed by atoms with E-state index in [-0.39, 0.29) is 5.91 Å². The van der Waals surface area contributed by atoms with Gasteiger partial charge in [0.2, 0.25) is 5.91 Å². The highest BCUT2D eigenvalue weighted by atomic mass is 16.2. The topological polar surface area (TPSA) is 47.8 Å². The third-order valence-corrected chi connectivity index (χ3v) is 1.65. The van der Waals surface area contributed by atoms with Crippen LogP contribution in [-0.4, -0.2) is 20.9 Å². The number of benzene rings is 1. The highest BCUT2D eigenvalue weighted by Gasteiger charge is 2.05. The number of hydrogen-bond acceptors (Lipinski definition) is 3. The molecule has 4 heteroatoms. The largest absolute Gasteiger partial charge is 0.273 e. The van der Waals surface area contributed by atoms with Crippen molar-refractivity contribution in [3.63, 3.8) is 0 Å². The Balaban J connectivity index is 2.79. The van der Waals surface area contributed by atoms with Gasteiger partial charge in [0.15, 0.2) is 0 Å². The van der Waals surface area contributed by atoms with E-state index in [1.807, 2.05) is 24.3 Å². The molecule has 60 valence electrons. The van der Waals surface area contributed by atoms with Crippen molar-refractivity contribution in [3.8, 4) is 0 Å². The van der Waals surface area contributed by atoms with Gasteiger partial charge in [-0.1, -0.05) is 17.3 Å². The number of aromatic nitrogens is 3. The first kappa shape index (κ1) is 6.97. The average Bonchev–Trinajstić information content (AvgIpc) is 2.47. The van der Waals surface area contributed by atoms with E-state index in [0.29, 0.717) is 0 Å². The molecule has 0 aliphatic rings. The molecule has 1 aromatic carbocycles. The van der Waals surface area contributed by atoms with Crippen LogP contribution in [0, 0.1) is 0 Å². The van der Waals surface area contributed by atoms with Crippen molar-refractivity contribution in [1.29, 1.82) is 0 Å².